The van der Waals surface area contributed by atoms with E-state index in [1.54, 1.807) is 31.6 Å². The predicted molar refractivity (Wildman–Crippen MR) is 73.4 cm³/mol. The molecule has 2 N–H and O–H groups in total. The standard InChI is InChI=1S/C12H17N3OS/c1-8(12(16)17-3)7-10(14-2)11-9(13)5-4-6-15-11/h4-6,8H,7,13H2,1-3H3. The van der Waals surface area contributed by atoms with E-state index in [1.165, 1.54) is 11.8 Å². The van der Waals surface area contributed by atoms with Gasteiger partial charge in [0, 0.05) is 25.6 Å². The van der Waals surface area contributed by atoms with E-state index < -0.39 is 0 Å². The Bertz CT molecular complexity index is 432. The van der Waals surface area contributed by atoms with Crippen LogP contribution in [0.15, 0.2) is 23.3 Å². The zero-order valence-corrected chi connectivity index (χ0v) is 11.1. The molecule has 0 aliphatic carbocycles. The summed E-state index contributed by atoms with van der Waals surface area (Å²) in [6, 6.07) is 3.57. The second-order valence-corrected chi connectivity index (χ2v) is 4.55. The lowest BCUT2D eigenvalue weighted by atomic mass is 10.0. The van der Waals surface area contributed by atoms with E-state index in [-0.39, 0.29) is 11.0 Å². The molecule has 92 valence electrons. The lowest BCUT2D eigenvalue weighted by Gasteiger charge is -2.11. The SMILES string of the molecule is CN=C(CC(C)C(=O)SC)c1ncccc1N. The van der Waals surface area contributed by atoms with E-state index in [2.05, 4.69) is 9.98 Å². The molecule has 1 atom stereocenters. The van der Waals surface area contributed by atoms with Crippen molar-refractivity contribution in [2.45, 2.75) is 13.3 Å². The van der Waals surface area contributed by atoms with Crippen LogP contribution >= 0.6 is 11.8 Å². The van der Waals surface area contributed by atoms with Crippen LogP contribution < -0.4 is 5.73 Å². The topological polar surface area (TPSA) is 68.3 Å². The minimum atomic E-state index is -0.0786. The van der Waals surface area contributed by atoms with Gasteiger partial charge in [-0.25, -0.2) is 0 Å². The van der Waals surface area contributed by atoms with Crippen LogP contribution in [0.4, 0.5) is 5.69 Å². The molecule has 0 aliphatic heterocycles. The molecule has 5 heteroatoms. The molecule has 0 fully saturated rings. The Morgan fingerprint density at radius 3 is 2.88 bits per heavy atom. The molecule has 0 aromatic carbocycles. The third-order valence-electron chi connectivity index (χ3n) is 2.49. The van der Waals surface area contributed by atoms with Gasteiger partial charge in [-0.1, -0.05) is 18.7 Å². The number of aliphatic imine (C=N–C) groups is 1. The molecule has 1 aromatic heterocycles. The monoisotopic (exact) mass is 251 g/mol. The summed E-state index contributed by atoms with van der Waals surface area (Å²) in [7, 11) is 1.69. The third kappa shape index (κ3) is 3.56. The van der Waals surface area contributed by atoms with Crippen molar-refractivity contribution in [3.63, 3.8) is 0 Å². The van der Waals surface area contributed by atoms with Gasteiger partial charge in [-0.05, 0) is 18.4 Å². The van der Waals surface area contributed by atoms with Gasteiger partial charge in [0.15, 0.2) is 5.12 Å². The number of nitrogens with zero attached hydrogens (tertiary/aromatic N) is 2. The second-order valence-electron chi connectivity index (χ2n) is 3.74. The Balaban J connectivity index is 2.88. The summed E-state index contributed by atoms with van der Waals surface area (Å²) in [6.45, 7) is 1.89. The number of anilines is 1. The quantitative estimate of drug-likeness (QED) is 0.831. The normalized spacial score (nSPS) is 13.5. The van der Waals surface area contributed by atoms with E-state index in [0.717, 1.165) is 5.71 Å². The van der Waals surface area contributed by atoms with Crippen molar-refractivity contribution in [1.82, 2.24) is 4.98 Å². The van der Waals surface area contributed by atoms with Gasteiger partial charge in [0.1, 0.15) is 5.69 Å². The van der Waals surface area contributed by atoms with Gasteiger partial charge >= 0.3 is 0 Å². The number of pyridine rings is 1. The van der Waals surface area contributed by atoms with Crippen molar-refractivity contribution in [3.05, 3.63) is 24.0 Å². The van der Waals surface area contributed by atoms with Gasteiger partial charge < -0.3 is 5.73 Å². The van der Waals surface area contributed by atoms with Gasteiger partial charge in [-0.15, -0.1) is 0 Å². The third-order valence-corrected chi connectivity index (χ3v) is 3.29. The van der Waals surface area contributed by atoms with Gasteiger partial charge in [0.25, 0.3) is 0 Å². The summed E-state index contributed by atoms with van der Waals surface area (Å²) < 4.78 is 0. The van der Waals surface area contributed by atoms with E-state index in [1.807, 2.05) is 6.92 Å². The first-order chi connectivity index (χ1) is 8.10. The maximum Gasteiger partial charge on any atom is 0.191 e. The first-order valence-corrected chi connectivity index (χ1v) is 6.57. The number of rotatable bonds is 4. The van der Waals surface area contributed by atoms with Crippen LogP contribution in [0, 0.1) is 5.92 Å². The lowest BCUT2D eigenvalue weighted by molar-refractivity contribution is -0.113. The van der Waals surface area contributed by atoms with Crippen molar-refractivity contribution in [1.29, 1.82) is 0 Å². The van der Waals surface area contributed by atoms with E-state index in [9.17, 15) is 4.79 Å². The second kappa shape index (κ2) is 6.39. The van der Waals surface area contributed by atoms with Gasteiger partial charge in [0.05, 0.1) is 11.4 Å². The Hall–Kier alpha value is -1.36. The Labute approximate surface area is 106 Å². The highest BCUT2D eigenvalue weighted by Crippen LogP contribution is 2.17. The average Bonchev–Trinajstić information content (AvgIpc) is 2.35. The smallest absolute Gasteiger partial charge is 0.191 e. The predicted octanol–water partition coefficient (Wildman–Crippen LogP) is 2.00. The lowest BCUT2D eigenvalue weighted by Crippen LogP contribution is -2.15. The Morgan fingerprint density at radius 2 is 2.35 bits per heavy atom. The fourth-order valence-electron chi connectivity index (χ4n) is 1.53. The molecular formula is C12H17N3OS. The van der Waals surface area contributed by atoms with Crippen LogP contribution in [0.2, 0.25) is 0 Å². The zero-order chi connectivity index (χ0) is 12.8. The molecular weight excluding hydrogens is 234 g/mol. The molecule has 17 heavy (non-hydrogen) atoms. The molecule has 0 bridgehead atoms. The molecule has 0 radical (unpaired) electrons. The van der Waals surface area contributed by atoms with Crippen LogP contribution in [-0.4, -0.2) is 29.1 Å². The number of hydrogen-bond donors (Lipinski definition) is 1. The van der Waals surface area contributed by atoms with Gasteiger partial charge in [-0.2, -0.15) is 0 Å². The molecule has 4 nitrogen and oxygen atoms in total. The zero-order valence-electron chi connectivity index (χ0n) is 10.3. The number of aromatic nitrogens is 1. The van der Waals surface area contributed by atoms with Crippen molar-refractivity contribution in [2.24, 2.45) is 10.9 Å². The van der Waals surface area contributed by atoms with Crippen LogP contribution in [0.3, 0.4) is 0 Å². The molecule has 1 unspecified atom stereocenters. The highest BCUT2D eigenvalue weighted by Gasteiger charge is 2.17. The molecule has 0 amide bonds. The Morgan fingerprint density at radius 1 is 1.65 bits per heavy atom. The van der Waals surface area contributed by atoms with Crippen LogP contribution in [-0.2, 0) is 4.79 Å². The van der Waals surface area contributed by atoms with E-state index in [4.69, 9.17) is 5.73 Å². The number of hydrogen-bond acceptors (Lipinski definition) is 5. The summed E-state index contributed by atoms with van der Waals surface area (Å²) in [6.07, 6.45) is 4.03. The van der Waals surface area contributed by atoms with Crippen molar-refractivity contribution >= 4 is 28.3 Å². The minimum absolute atomic E-state index is 0.0786. The number of carbonyl (C=O) groups excluding carboxylic acids is 1. The van der Waals surface area contributed by atoms with Crippen molar-refractivity contribution in [3.8, 4) is 0 Å². The van der Waals surface area contributed by atoms with Gasteiger partial charge in [0.2, 0.25) is 0 Å². The highest BCUT2D eigenvalue weighted by molar-refractivity contribution is 8.13. The summed E-state index contributed by atoms with van der Waals surface area (Å²) in [4.78, 5) is 19.9. The van der Waals surface area contributed by atoms with Crippen molar-refractivity contribution in [2.75, 3.05) is 19.0 Å². The van der Waals surface area contributed by atoms with Gasteiger partial charge in [-0.3, -0.25) is 14.8 Å². The van der Waals surface area contributed by atoms with Crippen LogP contribution in [0.25, 0.3) is 0 Å². The summed E-state index contributed by atoms with van der Waals surface area (Å²) in [5.41, 5.74) is 7.89. The Kier molecular flexibility index (Phi) is 5.15. The summed E-state index contributed by atoms with van der Waals surface area (Å²) in [5.74, 6) is -0.0786. The largest absolute Gasteiger partial charge is 0.397 e. The average molecular weight is 251 g/mol. The first-order valence-electron chi connectivity index (χ1n) is 5.34. The minimum Gasteiger partial charge on any atom is -0.397 e. The maximum absolute atomic E-state index is 11.5. The number of carbonyl (C=O) groups is 1. The van der Waals surface area contributed by atoms with Crippen LogP contribution in [0.5, 0.6) is 0 Å². The molecule has 1 aromatic rings. The summed E-state index contributed by atoms with van der Waals surface area (Å²) in [5, 5.41) is 0.153. The summed E-state index contributed by atoms with van der Waals surface area (Å²) >= 11 is 1.24. The van der Waals surface area contributed by atoms with E-state index >= 15 is 0 Å². The molecule has 1 rings (SSSR count). The first kappa shape index (κ1) is 13.7. The maximum atomic E-state index is 11.5. The molecule has 0 spiro atoms. The number of nitrogens with two attached hydrogens (primary N) is 1. The van der Waals surface area contributed by atoms with E-state index in [0.29, 0.717) is 17.8 Å². The molecule has 1 heterocycles. The van der Waals surface area contributed by atoms with Crippen molar-refractivity contribution < 1.29 is 4.79 Å². The fraction of sp³-hybridized carbons (Fsp3) is 0.417. The number of nitrogen functional groups attached to an aromatic ring is 1. The molecule has 0 saturated heterocycles. The van der Waals surface area contributed by atoms with Crippen LogP contribution in [0.1, 0.15) is 19.0 Å². The highest BCUT2D eigenvalue weighted by atomic mass is 32.2. The fourth-order valence-corrected chi connectivity index (χ4v) is 2.01. The molecule has 0 saturated carbocycles. The molecule has 0 aliphatic rings. The number of thioether (sulfide) groups is 1.